The Morgan fingerprint density at radius 3 is 2.21 bits per heavy atom. The van der Waals surface area contributed by atoms with E-state index in [2.05, 4.69) is 32.0 Å². The van der Waals surface area contributed by atoms with Crippen molar-refractivity contribution in [3.05, 3.63) is 29.3 Å². The van der Waals surface area contributed by atoms with E-state index in [1.165, 1.54) is 24.0 Å². The highest BCUT2D eigenvalue weighted by Gasteiger charge is 2.23. The molecule has 1 fully saturated rings. The molecule has 1 nitrogen and oxygen atoms in total. The van der Waals surface area contributed by atoms with Gasteiger partial charge >= 0.3 is 0 Å². The molecular formula is C13H20O. The fraction of sp³-hybridized carbons (Fsp3) is 0.538. The lowest BCUT2D eigenvalue weighted by Gasteiger charge is -2.06. The predicted octanol–water partition coefficient (Wildman–Crippen LogP) is 3.87. The van der Waals surface area contributed by atoms with Crippen molar-refractivity contribution in [1.82, 2.24) is 0 Å². The van der Waals surface area contributed by atoms with Gasteiger partial charge in [-0.2, -0.15) is 0 Å². The molecule has 0 heterocycles. The Labute approximate surface area is 87.1 Å². The van der Waals surface area contributed by atoms with Crippen LogP contribution in [0.5, 0.6) is 5.75 Å². The first kappa shape index (κ1) is 11.1. The van der Waals surface area contributed by atoms with E-state index in [0.29, 0.717) is 6.10 Å². The molecule has 1 heteroatoms. The Kier molecular flexibility index (Phi) is 3.99. The third-order valence-corrected chi connectivity index (χ3v) is 2.31. The average molecular weight is 192 g/mol. The summed E-state index contributed by atoms with van der Waals surface area (Å²) in [6.45, 7) is 8.24. The lowest BCUT2D eigenvalue weighted by atomic mass is 10.1. The summed E-state index contributed by atoms with van der Waals surface area (Å²) in [6.07, 6.45) is 2.96. The van der Waals surface area contributed by atoms with Crippen LogP contribution in [-0.2, 0) is 0 Å². The molecule has 2 rings (SSSR count). The molecule has 1 aliphatic carbocycles. The molecular weight excluding hydrogens is 172 g/mol. The van der Waals surface area contributed by atoms with Gasteiger partial charge in [-0.1, -0.05) is 19.9 Å². The van der Waals surface area contributed by atoms with Crippen molar-refractivity contribution in [3.8, 4) is 5.75 Å². The molecule has 0 aliphatic heterocycles. The zero-order chi connectivity index (χ0) is 10.6. The highest BCUT2D eigenvalue weighted by molar-refractivity contribution is 5.34. The van der Waals surface area contributed by atoms with Crippen LogP contribution in [0.2, 0.25) is 0 Å². The Balaban J connectivity index is 0.000000461. The highest BCUT2D eigenvalue weighted by atomic mass is 16.5. The molecule has 0 spiro atoms. The maximum Gasteiger partial charge on any atom is 0.119 e. The summed E-state index contributed by atoms with van der Waals surface area (Å²) in [7, 11) is 0. The van der Waals surface area contributed by atoms with E-state index in [4.69, 9.17) is 4.74 Å². The van der Waals surface area contributed by atoms with Crippen LogP contribution in [0, 0.1) is 13.8 Å². The van der Waals surface area contributed by atoms with Crippen molar-refractivity contribution in [3.63, 3.8) is 0 Å². The van der Waals surface area contributed by atoms with Crippen molar-refractivity contribution < 1.29 is 4.74 Å². The van der Waals surface area contributed by atoms with Crippen LogP contribution in [-0.4, -0.2) is 6.10 Å². The van der Waals surface area contributed by atoms with Gasteiger partial charge in [0.1, 0.15) is 5.75 Å². The minimum absolute atomic E-state index is 0.507. The van der Waals surface area contributed by atoms with Gasteiger partial charge in [0.05, 0.1) is 6.10 Å². The molecule has 0 bridgehead atoms. The molecule has 1 aromatic rings. The molecule has 0 unspecified atom stereocenters. The minimum atomic E-state index is 0.507. The van der Waals surface area contributed by atoms with Crippen LogP contribution in [0.4, 0.5) is 0 Å². The Morgan fingerprint density at radius 1 is 1.07 bits per heavy atom. The van der Waals surface area contributed by atoms with Crippen LogP contribution in [0.1, 0.15) is 37.8 Å². The van der Waals surface area contributed by atoms with Gasteiger partial charge in [0.15, 0.2) is 0 Å². The predicted molar refractivity (Wildman–Crippen MR) is 60.9 cm³/mol. The number of benzene rings is 1. The average Bonchev–Trinajstić information content (AvgIpc) is 2.99. The van der Waals surface area contributed by atoms with Crippen molar-refractivity contribution in [2.45, 2.75) is 46.6 Å². The normalized spacial score (nSPS) is 14.3. The first-order valence-electron chi connectivity index (χ1n) is 5.49. The van der Waals surface area contributed by atoms with Crippen molar-refractivity contribution in [1.29, 1.82) is 0 Å². The summed E-state index contributed by atoms with van der Waals surface area (Å²) in [5.41, 5.74) is 2.64. The molecule has 14 heavy (non-hydrogen) atoms. The third kappa shape index (κ3) is 3.06. The molecule has 0 N–H and O–H groups in total. The zero-order valence-electron chi connectivity index (χ0n) is 9.63. The van der Waals surface area contributed by atoms with Gasteiger partial charge < -0.3 is 4.74 Å². The first-order valence-corrected chi connectivity index (χ1v) is 5.49. The van der Waals surface area contributed by atoms with E-state index in [9.17, 15) is 0 Å². The topological polar surface area (TPSA) is 9.23 Å². The van der Waals surface area contributed by atoms with Crippen LogP contribution >= 0.6 is 0 Å². The quantitative estimate of drug-likeness (QED) is 0.691. The smallest absolute Gasteiger partial charge is 0.119 e. The molecule has 0 atom stereocenters. The Hall–Kier alpha value is -0.980. The van der Waals surface area contributed by atoms with Gasteiger partial charge in [-0.3, -0.25) is 0 Å². The maximum absolute atomic E-state index is 5.66. The Bertz CT molecular complexity index is 287. The summed E-state index contributed by atoms with van der Waals surface area (Å²) in [5.74, 6) is 1.03. The number of aryl methyl sites for hydroxylation is 2. The van der Waals surface area contributed by atoms with Gasteiger partial charge in [0.2, 0.25) is 0 Å². The molecule has 1 aromatic carbocycles. The molecule has 1 saturated carbocycles. The van der Waals surface area contributed by atoms with Gasteiger partial charge in [-0.15, -0.1) is 0 Å². The molecule has 1 aliphatic rings. The van der Waals surface area contributed by atoms with E-state index in [1.54, 1.807) is 0 Å². The summed E-state index contributed by atoms with van der Waals surface area (Å²) >= 11 is 0. The summed E-state index contributed by atoms with van der Waals surface area (Å²) in [6, 6.07) is 6.29. The number of rotatable bonds is 2. The molecule has 0 amide bonds. The fourth-order valence-electron chi connectivity index (χ4n) is 1.17. The van der Waals surface area contributed by atoms with Gasteiger partial charge in [0, 0.05) is 0 Å². The van der Waals surface area contributed by atoms with E-state index in [1.807, 2.05) is 13.8 Å². The van der Waals surface area contributed by atoms with Gasteiger partial charge in [0.25, 0.3) is 0 Å². The lowest BCUT2D eigenvalue weighted by molar-refractivity contribution is 0.303. The summed E-state index contributed by atoms with van der Waals surface area (Å²) < 4.78 is 5.66. The van der Waals surface area contributed by atoms with Crippen molar-refractivity contribution in [2.24, 2.45) is 0 Å². The maximum atomic E-state index is 5.66. The highest BCUT2D eigenvalue weighted by Crippen LogP contribution is 2.27. The fourth-order valence-corrected chi connectivity index (χ4v) is 1.17. The van der Waals surface area contributed by atoms with Crippen LogP contribution in [0.25, 0.3) is 0 Å². The van der Waals surface area contributed by atoms with Gasteiger partial charge in [-0.25, -0.2) is 0 Å². The number of ether oxygens (including phenoxy) is 1. The molecule has 78 valence electrons. The zero-order valence-corrected chi connectivity index (χ0v) is 9.63. The second kappa shape index (κ2) is 5.04. The van der Waals surface area contributed by atoms with E-state index >= 15 is 0 Å². The van der Waals surface area contributed by atoms with Crippen LogP contribution in [0.3, 0.4) is 0 Å². The standard InChI is InChI=1S/C11H14O.C2H6/c1-8-3-4-11(7-9(8)2)12-10-5-6-10;1-2/h3-4,7,10H,5-6H2,1-2H3;1-2H3. The number of hydrogen-bond donors (Lipinski definition) is 0. The van der Waals surface area contributed by atoms with Gasteiger partial charge in [-0.05, 0) is 49.9 Å². The second-order valence-corrected chi connectivity index (χ2v) is 3.56. The SMILES string of the molecule is CC.Cc1ccc(OC2CC2)cc1C. The van der Waals surface area contributed by atoms with Crippen LogP contribution < -0.4 is 4.74 Å². The summed E-state index contributed by atoms with van der Waals surface area (Å²) in [5, 5.41) is 0. The van der Waals surface area contributed by atoms with E-state index < -0.39 is 0 Å². The second-order valence-electron chi connectivity index (χ2n) is 3.56. The third-order valence-electron chi connectivity index (χ3n) is 2.31. The largest absolute Gasteiger partial charge is 0.490 e. The van der Waals surface area contributed by atoms with Crippen molar-refractivity contribution in [2.75, 3.05) is 0 Å². The molecule has 0 saturated heterocycles. The Morgan fingerprint density at radius 2 is 1.71 bits per heavy atom. The molecule has 0 radical (unpaired) electrons. The van der Waals surface area contributed by atoms with E-state index in [-0.39, 0.29) is 0 Å². The number of hydrogen-bond acceptors (Lipinski definition) is 1. The monoisotopic (exact) mass is 192 g/mol. The van der Waals surface area contributed by atoms with Crippen molar-refractivity contribution >= 4 is 0 Å². The summed E-state index contributed by atoms with van der Waals surface area (Å²) in [4.78, 5) is 0. The van der Waals surface area contributed by atoms with E-state index in [0.717, 1.165) is 5.75 Å². The lowest BCUT2D eigenvalue weighted by Crippen LogP contribution is -1.96. The molecule has 0 aromatic heterocycles. The minimum Gasteiger partial charge on any atom is -0.490 e. The first-order chi connectivity index (χ1) is 6.75. The van der Waals surface area contributed by atoms with Crippen LogP contribution in [0.15, 0.2) is 18.2 Å².